The predicted molar refractivity (Wildman–Crippen MR) is 155 cm³/mol. The highest BCUT2D eigenvalue weighted by molar-refractivity contribution is 5.99. The molecule has 40 heavy (non-hydrogen) atoms. The van der Waals surface area contributed by atoms with Gasteiger partial charge in [0.15, 0.2) is 17.3 Å². The molecular weight excluding hydrogens is 506 g/mol. The van der Waals surface area contributed by atoms with E-state index >= 15 is 0 Å². The fourth-order valence-corrected chi connectivity index (χ4v) is 5.46. The van der Waals surface area contributed by atoms with Crippen molar-refractivity contribution < 1.29 is 9.74 Å². The smallest absolute Gasteiger partial charge is 0.199 e. The van der Waals surface area contributed by atoms with Crippen LogP contribution in [0.15, 0.2) is 65.4 Å². The largest absolute Gasteiger partial charge is 0.399 e. The third-order valence-corrected chi connectivity index (χ3v) is 7.36. The van der Waals surface area contributed by atoms with Crippen molar-refractivity contribution in [2.75, 3.05) is 29.9 Å². The summed E-state index contributed by atoms with van der Waals surface area (Å²) in [5.74, 6) is 0.804. The Balaban J connectivity index is 1.33. The van der Waals surface area contributed by atoms with Crippen LogP contribution in [0.4, 0.5) is 17.2 Å². The molecule has 1 aliphatic rings. The van der Waals surface area contributed by atoms with E-state index in [9.17, 15) is 5.11 Å². The molecule has 5 aromatic rings. The molecule has 11 nitrogen and oxygen atoms in total. The van der Waals surface area contributed by atoms with Crippen molar-refractivity contribution in [1.29, 1.82) is 0 Å². The minimum absolute atomic E-state index is 0.194. The summed E-state index contributed by atoms with van der Waals surface area (Å²) in [5, 5.41) is 25.4. The number of nitrogens with zero attached hydrogens (tertiary/aromatic N) is 5. The lowest BCUT2D eigenvalue weighted by Crippen LogP contribution is -2.32. The SMILES string of the molecule is Nc1cccc(CNCC(O)CNc2cnc(-c3ccccc3)c3nc(-c4nonc4N)n(C4CCCC4)c23)c1. The Morgan fingerprint density at radius 3 is 2.58 bits per heavy atom. The molecule has 0 aliphatic heterocycles. The zero-order valence-electron chi connectivity index (χ0n) is 22.1. The van der Waals surface area contributed by atoms with Gasteiger partial charge in [0.2, 0.25) is 0 Å². The van der Waals surface area contributed by atoms with Crippen LogP contribution < -0.4 is 22.1 Å². The topological polar surface area (TPSA) is 166 Å². The molecule has 1 unspecified atom stereocenters. The van der Waals surface area contributed by atoms with Gasteiger partial charge in [0.25, 0.3) is 0 Å². The summed E-state index contributed by atoms with van der Waals surface area (Å²) in [7, 11) is 0. The molecule has 0 saturated heterocycles. The highest BCUT2D eigenvalue weighted by Crippen LogP contribution is 2.41. The van der Waals surface area contributed by atoms with Crippen LogP contribution in [0.3, 0.4) is 0 Å². The number of nitrogen functional groups attached to an aromatic ring is 2. The molecule has 1 saturated carbocycles. The van der Waals surface area contributed by atoms with Crippen molar-refractivity contribution >= 4 is 28.2 Å². The van der Waals surface area contributed by atoms with E-state index in [1.54, 1.807) is 0 Å². The number of hydrogen-bond acceptors (Lipinski definition) is 10. The number of fused-ring (bicyclic) bond motifs is 1. The van der Waals surface area contributed by atoms with Crippen LogP contribution in [-0.4, -0.2) is 49.1 Å². The number of rotatable bonds is 10. The van der Waals surface area contributed by atoms with E-state index < -0.39 is 6.10 Å². The van der Waals surface area contributed by atoms with Gasteiger partial charge in [0.05, 0.1) is 29.2 Å². The molecule has 2 aromatic carbocycles. The molecule has 1 aliphatic carbocycles. The molecule has 0 bridgehead atoms. The molecule has 0 spiro atoms. The minimum Gasteiger partial charge on any atom is -0.399 e. The molecule has 0 radical (unpaired) electrons. The highest BCUT2D eigenvalue weighted by atomic mass is 16.6. The molecule has 0 amide bonds. The third kappa shape index (κ3) is 5.21. The van der Waals surface area contributed by atoms with Gasteiger partial charge in [-0.3, -0.25) is 4.98 Å². The van der Waals surface area contributed by atoms with Gasteiger partial charge in [-0.15, -0.1) is 0 Å². The lowest BCUT2D eigenvalue weighted by atomic mass is 10.1. The van der Waals surface area contributed by atoms with Gasteiger partial charge < -0.3 is 31.8 Å². The van der Waals surface area contributed by atoms with Crippen LogP contribution in [0.5, 0.6) is 0 Å². The minimum atomic E-state index is -0.636. The van der Waals surface area contributed by atoms with Crippen LogP contribution >= 0.6 is 0 Å². The second-order valence-corrected chi connectivity index (χ2v) is 10.2. The molecule has 1 atom stereocenters. The van der Waals surface area contributed by atoms with Crippen molar-refractivity contribution in [3.05, 3.63) is 66.4 Å². The van der Waals surface area contributed by atoms with Gasteiger partial charge in [-0.25, -0.2) is 9.61 Å². The van der Waals surface area contributed by atoms with E-state index in [4.69, 9.17) is 26.1 Å². The second kappa shape index (κ2) is 11.3. The van der Waals surface area contributed by atoms with Crippen molar-refractivity contribution in [3.8, 4) is 22.8 Å². The Bertz CT molecular complexity index is 1590. The number of aliphatic hydroxyl groups is 1. The average molecular weight is 540 g/mol. The summed E-state index contributed by atoms with van der Waals surface area (Å²) in [6, 6.07) is 17.9. The van der Waals surface area contributed by atoms with E-state index in [0.717, 1.165) is 64.9 Å². The van der Waals surface area contributed by atoms with E-state index in [2.05, 4.69) is 25.5 Å². The highest BCUT2D eigenvalue weighted by Gasteiger charge is 2.29. The summed E-state index contributed by atoms with van der Waals surface area (Å²) in [4.78, 5) is 9.86. The normalized spacial score (nSPS) is 14.6. The predicted octanol–water partition coefficient (Wildman–Crippen LogP) is 3.99. The number of aliphatic hydroxyl groups excluding tert-OH is 1. The molecule has 3 heterocycles. The molecule has 1 fully saturated rings. The molecule has 11 heteroatoms. The first-order valence-electron chi connectivity index (χ1n) is 13.6. The summed E-state index contributed by atoms with van der Waals surface area (Å²) in [6.45, 7) is 1.35. The summed E-state index contributed by atoms with van der Waals surface area (Å²) in [5.41, 5.74) is 18.4. The molecule has 7 N–H and O–H groups in total. The number of aromatic nitrogens is 5. The fourth-order valence-electron chi connectivity index (χ4n) is 5.46. The maximum atomic E-state index is 10.8. The molecular formula is C29H33N9O2. The van der Waals surface area contributed by atoms with E-state index in [1.807, 2.05) is 60.8 Å². The number of hydrogen-bond donors (Lipinski definition) is 5. The van der Waals surface area contributed by atoms with Crippen LogP contribution in [0.1, 0.15) is 37.3 Å². The van der Waals surface area contributed by atoms with Crippen molar-refractivity contribution in [2.24, 2.45) is 0 Å². The number of benzene rings is 2. The van der Waals surface area contributed by atoms with Crippen molar-refractivity contribution in [3.63, 3.8) is 0 Å². The molecule has 6 rings (SSSR count). The Kier molecular flexibility index (Phi) is 7.30. The first kappa shape index (κ1) is 25.8. The van der Waals surface area contributed by atoms with Gasteiger partial charge >= 0.3 is 0 Å². The Hall–Kier alpha value is -4.48. The first-order chi connectivity index (χ1) is 19.6. The zero-order valence-corrected chi connectivity index (χ0v) is 22.1. The third-order valence-electron chi connectivity index (χ3n) is 7.36. The summed E-state index contributed by atoms with van der Waals surface area (Å²) >= 11 is 0. The Morgan fingerprint density at radius 1 is 1.00 bits per heavy atom. The molecule has 3 aromatic heterocycles. The number of pyridine rings is 1. The van der Waals surface area contributed by atoms with Crippen LogP contribution in [0.2, 0.25) is 0 Å². The van der Waals surface area contributed by atoms with E-state index in [1.165, 1.54) is 0 Å². The fraction of sp³-hybridized carbons (Fsp3) is 0.310. The van der Waals surface area contributed by atoms with E-state index in [-0.39, 0.29) is 11.9 Å². The molecule has 206 valence electrons. The van der Waals surface area contributed by atoms with Crippen LogP contribution in [-0.2, 0) is 6.54 Å². The van der Waals surface area contributed by atoms with E-state index in [0.29, 0.717) is 31.2 Å². The first-order valence-corrected chi connectivity index (χ1v) is 13.6. The standard InChI is InChI=1S/C29H33N9O2/c30-20-10-6-7-18(13-20)14-32-15-22(39)16-33-23-17-34-24(19-8-2-1-3-9-19)25-27(23)38(21-11-4-5-12-21)29(35-25)26-28(31)37-40-36-26/h1-3,6-10,13,17,21-22,32-33,39H,4-5,11-12,14-16,30H2,(H2,31,37). The maximum Gasteiger partial charge on any atom is 0.199 e. The zero-order chi connectivity index (χ0) is 27.5. The summed E-state index contributed by atoms with van der Waals surface area (Å²) < 4.78 is 7.16. The average Bonchev–Trinajstić information content (AvgIpc) is 3.72. The van der Waals surface area contributed by atoms with Crippen molar-refractivity contribution in [2.45, 2.75) is 44.4 Å². The van der Waals surface area contributed by atoms with Crippen LogP contribution in [0, 0.1) is 0 Å². The maximum absolute atomic E-state index is 10.8. The number of nitrogens with one attached hydrogen (secondary N) is 2. The summed E-state index contributed by atoms with van der Waals surface area (Å²) in [6.07, 6.45) is 5.48. The number of anilines is 3. The Labute approximate surface area is 231 Å². The van der Waals surface area contributed by atoms with Gasteiger partial charge in [-0.05, 0) is 40.9 Å². The monoisotopic (exact) mass is 539 g/mol. The van der Waals surface area contributed by atoms with Gasteiger partial charge in [0.1, 0.15) is 5.52 Å². The van der Waals surface area contributed by atoms with Gasteiger partial charge in [0, 0.05) is 36.9 Å². The lowest BCUT2D eigenvalue weighted by Gasteiger charge is -2.19. The second-order valence-electron chi connectivity index (χ2n) is 10.2. The van der Waals surface area contributed by atoms with Crippen LogP contribution in [0.25, 0.3) is 33.8 Å². The lowest BCUT2D eigenvalue weighted by molar-refractivity contribution is 0.184. The number of imidazole rings is 1. The van der Waals surface area contributed by atoms with Gasteiger partial charge in [-0.1, -0.05) is 55.3 Å². The number of nitrogens with two attached hydrogens (primary N) is 2. The van der Waals surface area contributed by atoms with Gasteiger partial charge in [-0.2, -0.15) is 0 Å². The quantitative estimate of drug-likeness (QED) is 0.164. The Morgan fingerprint density at radius 2 is 1.82 bits per heavy atom. The van der Waals surface area contributed by atoms with Crippen molar-refractivity contribution in [1.82, 2.24) is 30.2 Å².